The van der Waals surface area contributed by atoms with Crippen molar-refractivity contribution in [1.82, 2.24) is 9.80 Å². The highest BCUT2D eigenvalue weighted by molar-refractivity contribution is 7.16. The van der Waals surface area contributed by atoms with Gasteiger partial charge in [-0.05, 0) is 33.0 Å². The van der Waals surface area contributed by atoms with Crippen molar-refractivity contribution in [2.45, 2.75) is 32.0 Å². The van der Waals surface area contributed by atoms with E-state index in [0.717, 1.165) is 17.4 Å². The topological polar surface area (TPSA) is 32.5 Å². The fraction of sp³-hybridized carbons (Fsp3) is 0.692. The van der Waals surface area contributed by atoms with Crippen molar-refractivity contribution in [2.24, 2.45) is 5.73 Å². The molecule has 2 heterocycles. The zero-order valence-corrected chi connectivity index (χ0v) is 12.8. The Balaban J connectivity index is 2.13. The van der Waals surface area contributed by atoms with Crippen molar-refractivity contribution >= 4 is 22.9 Å². The van der Waals surface area contributed by atoms with E-state index in [1.807, 2.05) is 6.07 Å². The summed E-state index contributed by atoms with van der Waals surface area (Å²) in [5.41, 5.74) is 5.98. The molecule has 0 saturated carbocycles. The van der Waals surface area contributed by atoms with Gasteiger partial charge in [-0.2, -0.15) is 0 Å². The van der Waals surface area contributed by atoms with Gasteiger partial charge in [-0.25, -0.2) is 0 Å². The summed E-state index contributed by atoms with van der Waals surface area (Å²) in [7, 11) is 2.20. The Morgan fingerprint density at radius 1 is 1.39 bits per heavy atom. The first-order valence-corrected chi connectivity index (χ1v) is 7.63. The number of rotatable bonds is 3. The molecule has 5 heteroatoms. The molecule has 0 spiro atoms. The lowest BCUT2D eigenvalue weighted by Crippen LogP contribution is -2.56. The molecular weight excluding hydrogens is 266 g/mol. The summed E-state index contributed by atoms with van der Waals surface area (Å²) in [6.07, 6.45) is 0. The number of nitrogens with two attached hydrogens (primary N) is 1. The van der Waals surface area contributed by atoms with Crippen LogP contribution < -0.4 is 5.73 Å². The van der Waals surface area contributed by atoms with Crippen molar-refractivity contribution in [1.29, 1.82) is 0 Å². The van der Waals surface area contributed by atoms with Gasteiger partial charge in [0.05, 0.1) is 10.4 Å². The van der Waals surface area contributed by atoms with E-state index in [4.69, 9.17) is 17.3 Å². The van der Waals surface area contributed by atoms with E-state index in [0.29, 0.717) is 24.7 Å². The quantitative estimate of drug-likeness (QED) is 0.927. The average molecular weight is 288 g/mol. The standard InChI is InChI=1S/C13H22ClN3S/c1-9-7-17(8-10(2)16(9)3)11(6-15)12-4-5-13(14)18-12/h4-5,9-11H,6-8,15H2,1-3H3. The first-order chi connectivity index (χ1) is 8.52. The second kappa shape index (κ2) is 5.88. The first-order valence-electron chi connectivity index (χ1n) is 6.44. The summed E-state index contributed by atoms with van der Waals surface area (Å²) in [4.78, 5) is 6.22. The molecule has 18 heavy (non-hydrogen) atoms. The molecule has 2 N–H and O–H groups in total. The van der Waals surface area contributed by atoms with E-state index in [1.165, 1.54) is 4.88 Å². The SMILES string of the molecule is CC1CN(C(CN)c2ccc(Cl)s2)CC(C)N1C. The lowest BCUT2D eigenvalue weighted by atomic mass is 10.1. The number of hydrogen-bond donors (Lipinski definition) is 1. The zero-order chi connectivity index (χ0) is 13.3. The predicted octanol–water partition coefficient (Wildman–Crippen LogP) is 2.43. The van der Waals surface area contributed by atoms with Crippen molar-refractivity contribution in [2.75, 3.05) is 26.7 Å². The van der Waals surface area contributed by atoms with E-state index >= 15 is 0 Å². The van der Waals surface area contributed by atoms with Gasteiger partial charge >= 0.3 is 0 Å². The van der Waals surface area contributed by atoms with E-state index in [2.05, 4.69) is 36.8 Å². The highest BCUT2D eigenvalue weighted by atomic mass is 35.5. The van der Waals surface area contributed by atoms with Gasteiger partial charge in [-0.3, -0.25) is 9.80 Å². The van der Waals surface area contributed by atoms with Gasteiger partial charge in [-0.1, -0.05) is 11.6 Å². The van der Waals surface area contributed by atoms with Gasteiger partial charge in [0.25, 0.3) is 0 Å². The van der Waals surface area contributed by atoms with E-state index in [9.17, 15) is 0 Å². The van der Waals surface area contributed by atoms with Crippen molar-refractivity contribution < 1.29 is 0 Å². The zero-order valence-electron chi connectivity index (χ0n) is 11.3. The van der Waals surface area contributed by atoms with Crippen LogP contribution in [0.3, 0.4) is 0 Å². The summed E-state index contributed by atoms with van der Waals surface area (Å²) < 4.78 is 0.846. The number of likely N-dealkylation sites (N-methyl/N-ethyl adjacent to an activating group) is 1. The molecule has 0 aliphatic carbocycles. The van der Waals surface area contributed by atoms with Gasteiger partial charge < -0.3 is 5.73 Å². The molecule has 102 valence electrons. The third kappa shape index (κ3) is 2.89. The lowest BCUT2D eigenvalue weighted by Gasteiger charge is -2.45. The maximum absolute atomic E-state index is 6.03. The molecule has 1 aliphatic rings. The van der Waals surface area contributed by atoms with Crippen LogP contribution in [0.15, 0.2) is 12.1 Å². The van der Waals surface area contributed by atoms with Gasteiger partial charge in [0.2, 0.25) is 0 Å². The molecule has 1 fully saturated rings. The maximum atomic E-state index is 6.03. The van der Waals surface area contributed by atoms with Crippen LogP contribution >= 0.6 is 22.9 Å². The van der Waals surface area contributed by atoms with Crippen LogP contribution in [0.2, 0.25) is 4.34 Å². The monoisotopic (exact) mass is 287 g/mol. The molecule has 3 unspecified atom stereocenters. The third-order valence-corrected chi connectivity index (χ3v) is 5.31. The second-order valence-electron chi connectivity index (χ2n) is 5.21. The molecule has 0 bridgehead atoms. The van der Waals surface area contributed by atoms with Crippen LogP contribution in [0.5, 0.6) is 0 Å². The van der Waals surface area contributed by atoms with E-state index in [-0.39, 0.29) is 0 Å². The molecule has 0 radical (unpaired) electrons. The maximum Gasteiger partial charge on any atom is 0.0931 e. The van der Waals surface area contributed by atoms with Gasteiger partial charge in [0.15, 0.2) is 0 Å². The van der Waals surface area contributed by atoms with Crippen molar-refractivity contribution in [3.63, 3.8) is 0 Å². The highest BCUT2D eigenvalue weighted by Crippen LogP contribution is 2.31. The minimum absolute atomic E-state index is 0.307. The molecule has 0 amide bonds. The summed E-state index contributed by atoms with van der Waals surface area (Å²) >= 11 is 7.68. The Morgan fingerprint density at radius 3 is 2.44 bits per heavy atom. The average Bonchev–Trinajstić information content (AvgIpc) is 2.73. The lowest BCUT2D eigenvalue weighted by molar-refractivity contribution is 0.0360. The molecule has 1 aliphatic heterocycles. The summed E-state index contributed by atoms with van der Waals surface area (Å²) in [6.45, 7) is 7.34. The van der Waals surface area contributed by atoms with Crippen molar-refractivity contribution in [3.8, 4) is 0 Å². The van der Waals surface area contributed by atoms with Crippen LogP contribution in [0, 0.1) is 0 Å². The number of hydrogen-bond acceptors (Lipinski definition) is 4. The molecule has 3 atom stereocenters. The van der Waals surface area contributed by atoms with Crippen LogP contribution in [0.25, 0.3) is 0 Å². The van der Waals surface area contributed by atoms with Crippen molar-refractivity contribution in [3.05, 3.63) is 21.3 Å². The fourth-order valence-corrected chi connectivity index (χ4v) is 3.86. The Hall–Kier alpha value is -0.130. The molecule has 1 aromatic rings. The number of nitrogens with zero attached hydrogens (tertiary/aromatic N) is 2. The Bertz CT molecular complexity index is 383. The van der Waals surface area contributed by atoms with Gasteiger partial charge in [0.1, 0.15) is 0 Å². The minimum atomic E-state index is 0.307. The minimum Gasteiger partial charge on any atom is -0.329 e. The van der Waals surface area contributed by atoms with E-state index < -0.39 is 0 Å². The van der Waals surface area contributed by atoms with Crippen LogP contribution in [0.4, 0.5) is 0 Å². The fourth-order valence-electron chi connectivity index (χ4n) is 2.65. The largest absolute Gasteiger partial charge is 0.329 e. The molecule has 2 rings (SSSR count). The predicted molar refractivity (Wildman–Crippen MR) is 79.4 cm³/mol. The first kappa shape index (κ1) is 14.3. The third-order valence-electron chi connectivity index (χ3n) is 3.97. The molecule has 3 nitrogen and oxygen atoms in total. The van der Waals surface area contributed by atoms with Crippen LogP contribution in [0.1, 0.15) is 24.8 Å². The molecule has 1 aromatic heterocycles. The van der Waals surface area contributed by atoms with Gasteiger partial charge in [0, 0.05) is 36.6 Å². The molecule has 1 saturated heterocycles. The second-order valence-corrected chi connectivity index (χ2v) is 6.96. The van der Waals surface area contributed by atoms with Crippen LogP contribution in [-0.2, 0) is 0 Å². The smallest absolute Gasteiger partial charge is 0.0931 e. The molecule has 0 aromatic carbocycles. The van der Waals surface area contributed by atoms with Gasteiger partial charge in [-0.15, -0.1) is 11.3 Å². The normalized spacial score (nSPS) is 28.5. The summed E-state index contributed by atoms with van der Waals surface area (Å²) in [5.74, 6) is 0. The number of halogens is 1. The Morgan fingerprint density at radius 2 is 2.00 bits per heavy atom. The number of thiophene rings is 1. The highest BCUT2D eigenvalue weighted by Gasteiger charge is 2.31. The van der Waals surface area contributed by atoms with E-state index in [1.54, 1.807) is 11.3 Å². The summed E-state index contributed by atoms with van der Waals surface area (Å²) in [5, 5.41) is 0. The molecular formula is C13H22ClN3S. The Labute approximate surface area is 119 Å². The summed E-state index contributed by atoms with van der Waals surface area (Å²) in [6, 6.07) is 5.52. The Kier molecular flexibility index (Phi) is 4.67. The number of piperazine rings is 1. The van der Waals surface area contributed by atoms with Crippen LogP contribution in [-0.4, -0.2) is 48.6 Å².